The van der Waals surface area contributed by atoms with Crippen molar-refractivity contribution in [1.29, 1.82) is 0 Å². The Balaban J connectivity index is 2.06. The fraction of sp³-hybridized carbons (Fsp3) is 0.222. The first kappa shape index (κ1) is 16.7. The average molecular weight is 311 g/mol. The molecule has 5 heteroatoms. The van der Waals surface area contributed by atoms with Gasteiger partial charge in [0.05, 0.1) is 12.1 Å². The molecule has 4 N–H and O–H groups in total. The van der Waals surface area contributed by atoms with Crippen molar-refractivity contribution in [3.8, 4) is 0 Å². The van der Waals surface area contributed by atoms with Gasteiger partial charge in [0, 0.05) is 12.1 Å². The van der Waals surface area contributed by atoms with Crippen LogP contribution in [0.15, 0.2) is 60.7 Å². The third-order valence-electron chi connectivity index (χ3n) is 3.43. The number of carbonyl (C=O) groups excluding carboxylic acids is 2. The van der Waals surface area contributed by atoms with Crippen LogP contribution in [0, 0.1) is 0 Å². The van der Waals surface area contributed by atoms with Crippen LogP contribution in [0.2, 0.25) is 0 Å². The minimum Gasteiger partial charge on any atom is -0.350 e. The van der Waals surface area contributed by atoms with Gasteiger partial charge in [-0.05, 0) is 24.6 Å². The van der Waals surface area contributed by atoms with E-state index in [4.69, 9.17) is 5.73 Å². The smallest absolute Gasteiger partial charge is 0.251 e. The van der Waals surface area contributed by atoms with Crippen molar-refractivity contribution in [1.82, 2.24) is 10.6 Å². The van der Waals surface area contributed by atoms with Crippen molar-refractivity contribution in [2.24, 2.45) is 5.73 Å². The number of hydrogen-bond donors (Lipinski definition) is 3. The molecule has 23 heavy (non-hydrogen) atoms. The van der Waals surface area contributed by atoms with Crippen molar-refractivity contribution in [3.05, 3.63) is 71.8 Å². The predicted octanol–water partition coefficient (Wildman–Crippen LogP) is 1.62. The zero-order valence-electron chi connectivity index (χ0n) is 13.0. The van der Waals surface area contributed by atoms with E-state index in [9.17, 15) is 9.59 Å². The van der Waals surface area contributed by atoms with E-state index in [1.807, 2.05) is 48.5 Å². The number of rotatable bonds is 6. The highest BCUT2D eigenvalue weighted by Gasteiger charge is 2.17. The van der Waals surface area contributed by atoms with Gasteiger partial charge in [0.25, 0.3) is 5.91 Å². The SMILES string of the molecule is C[C@@H](N)C(=O)N[C@H](CNC(=O)c1ccccc1)c1ccccc1. The van der Waals surface area contributed by atoms with E-state index in [-0.39, 0.29) is 24.4 Å². The third kappa shape index (κ3) is 4.93. The molecule has 0 aliphatic carbocycles. The van der Waals surface area contributed by atoms with Crippen LogP contribution in [0.5, 0.6) is 0 Å². The van der Waals surface area contributed by atoms with Gasteiger partial charge in [-0.3, -0.25) is 9.59 Å². The quantitative estimate of drug-likeness (QED) is 0.758. The molecule has 0 aromatic heterocycles. The Hall–Kier alpha value is -2.66. The number of amides is 2. The summed E-state index contributed by atoms with van der Waals surface area (Å²) < 4.78 is 0. The van der Waals surface area contributed by atoms with Crippen LogP contribution in [0.4, 0.5) is 0 Å². The van der Waals surface area contributed by atoms with Crippen LogP contribution in [0.1, 0.15) is 28.9 Å². The molecule has 0 radical (unpaired) electrons. The maximum atomic E-state index is 12.2. The van der Waals surface area contributed by atoms with Crippen LogP contribution >= 0.6 is 0 Å². The zero-order valence-corrected chi connectivity index (χ0v) is 13.0. The maximum Gasteiger partial charge on any atom is 0.251 e. The van der Waals surface area contributed by atoms with Gasteiger partial charge in [-0.1, -0.05) is 48.5 Å². The van der Waals surface area contributed by atoms with Gasteiger partial charge in [0.1, 0.15) is 0 Å². The van der Waals surface area contributed by atoms with Gasteiger partial charge in [-0.2, -0.15) is 0 Å². The number of carbonyl (C=O) groups is 2. The van der Waals surface area contributed by atoms with Crippen LogP contribution in [-0.4, -0.2) is 24.4 Å². The highest BCUT2D eigenvalue weighted by atomic mass is 16.2. The van der Waals surface area contributed by atoms with E-state index in [0.717, 1.165) is 5.56 Å². The Morgan fingerprint density at radius 2 is 1.57 bits per heavy atom. The van der Waals surface area contributed by atoms with Gasteiger partial charge in [-0.25, -0.2) is 0 Å². The molecule has 0 heterocycles. The fourth-order valence-electron chi connectivity index (χ4n) is 2.13. The normalized spacial score (nSPS) is 13.0. The molecule has 2 amide bonds. The molecule has 2 atom stereocenters. The lowest BCUT2D eigenvalue weighted by Gasteiger charge is -2.21. The summed E-state index contributed by atoms with van der Waals surface area (Å²) in [7, 11) is 0. The lowest BCUT2D eigenvalue weighted by atomic mass is 10.1. The number of benzene rings is 2. The summed E-state index contributed by atoms with van der Waals surface area (Å²) in [5, 5.41) is 5.71. The summed E-state index contributed by atoms with van der Waals surface area (Å²) >= 11 is 0. The molecule has 0 saturated carbocycles. The molecule has 120 valence electrons. The van der Waals surface area contributed by atoms with Crippen LogP contribution in [-0.2, 0) is 4.79 Å². The Morgan fingerprint density at radius 3 is 2.13 bits per heavy atom. The molecule has 0 saturated heterocycles. The summed E-state index contributed by atoms with van der Waals surface area (Å²) in [4.78, 5) is 24.0. The molecule has 0 aliphatic heterocycles. The molecule has 2 aromatic carbocycles. The van der Waals surface area contributed by atoms with Crippen LogP contribution in [0.25, 0.3) is 0 Å². The number of hydrogen-bond acceptors (Lipinski definition) is 3. The van der Waals surface area contributed by atoms with Crippen molar-refractivity contribution in [2.45, 2.75) is 19.0 Å². The second-order valence-corrected chi connectivity index (χ2v) is 5.34. The molecule has 2 rings (SSSR count). The van der Waals surface area contributed by atoms with Crippen molar-refractivity contribution >= 4 is 11.8 Å². The minimum absolute atomic E-state index is 0.179. The van der Waals surface area contributed by atoms with Gasteiger partial charge >= 0.3 is 0 Å². The van der Waals surface area contributed by atoms with E-state index >= 15 is 0 Å². The lowest BCUT2D eigenvalue weighted by Crippen LogP contribution is -2.44. The van der Waals surface area contributed by atoms with E-state index in [2.05, 4.69) is 10.6 Å². The average Bonchev–Trinajstić information content (AvgIpc) is 2.59. The first-order chi connectivity index (χ1) is 11.1. The Morgan fingerprint density at radius 1 is 1.00 bits per heavy atom. The summed E-state index contributed by atoms with van der Waals surface area (Å²) in [6, 6.07) is 17.5. The topological polar surface area (TPSA) is 84.2 Å². The molecule has 2 aromatic rings. The van der Waals surface area contributed by atoms with Crippen molar-refractivity contribution in [3.63, 3.8) is 0 Å². The van der Waals surface area contributed by atoms with Gasteiger partial charge < -0.3 is 16.4 Å². The summed E-state index contributed by atoms with van der Waals surface area (Å²) in [5.74, 6) is -0.436. The fourth-order valence-corrected chi connectivity index (χ4v) is 2.13. The second kappa shape index (κ2) is 8.10. The Labute approximate surface area is 135 Å². The van der Waals surface area contributed by atoms with Gasteiger partial charge in [0.15, 0.2) is 0 Å². The summed E-state index contributed by atoms with van der Waals surface area (Å²) in [6.07, 6.45) is 0. The van der Waals surface area contributed by atoms with E-state index < -0.39 is 6.04 Å². The molecule has 0 bridgehead atoms. The van der Waals surface area contributed by atoms with Gasteiger partial charge in [0.2, 0.25) is 5.91 Å². The second-order valence-electron chi connectivity index (χ2n) is 5.34. The monoisotopic (exact) mass is 311 g/mol. The van der Waals surface area contributed by atoms with Crippen molar-refractivity contribution in [2.75, 3.05) is 6.54 Å². The molecular weight excluding hydrogens is 290 g/mol. The largest absolute Gasteiger partial charge is 0.350 e. The molecule has 5 nitrogen and oxygen atoms in total. The lowest BCUT2D eigenvalue weighted by molar-refractivity contribution is -0.122. The molecular formula is C18H21N3O2. The highest BCUT2D eigenvalue weighted by Crippen LogP contribution is 2.12. The molecule has 0 aliphatic rings. The van der Waals surface area contributed by atoms with Gasteiger partial charge in [-0.15, -0.1) is 0 Å². The number of nitrogens with two attached hydrogens (primary N) is 1. The van der Waals surface area contributed by atoms with Crippen LogP contribution < -0.4 is 16.4 Å². The number of nitrogens with one attached hydrogen (secondary N) is 2. The first-order valence-electron chi connectivity index (χ1n) is 7.52. The minimum atomic E-state index is -0.606. The maximum absolute atomic E-state index is 12.2. The Kier molecular flexibility index (Phi) is 5.88. The van der Waals surface area contributed by atoms with E-state index in [1.165, 1.54) is 0 Å². The summed E-state index contributed by atoms with van der Waals surface area (Å²) in [5.41, 5.74) is 7.10. The standard InChI is InChI=1S/C18H21N3O2/c1-13(19)17(22)21-16(14-8-4-2-5-9-14)12-20-18(23)15-10-6-3-7-11-15/h2-11,13,16H,12,19H2,1H3,(H,20,23)(H,21,22)/t13-,16-/m1/s1. The van der Waals surface area contributed by atoms with E-state index in [0.29, 0.717) is 5.56 Å². The zero-order chi connectivity index (χ0) is 16.7. The highest BCUT2D eigenvalue weighted by molar-refractivity contribution is 5.94. The summed E-state index contributed by atoms with van der Waals surface area (Å²) in [6.45, 7) is 1.91. The van der Waals surface area contributed by atoms with Crippen LogP contribution in [0.3, 0.4) is 0 Å². The first-order valence-corrected chi connectivity index (χ1v) is 7.52. The molecule has 0 unspecified atom stereocenters. The third-order valence-corrected chi connectivity index (χ3v) is 3.43. The molecule has 0 fully saturated rings. The molecule has 0 spiro atoms. The van der Waals surface area contributed by atoms with Crippen molar-refractivity contribution < 1.29 is 9.59 Å². The Bertz CT molecular complexity index is 642. The van der Waals surface area contributed by atoms with E-state index in [1.54, 1.807) is 19.1 Å². The predicted molar refractivity (Wildman–Crippen MR) is 89.8 cm³/mol.